The molecule has 0 unspecified atom stereocenters. The van der Waals surface area contributed by atoms with Crippen LogP contribution in [0.2, 0.25) is 0 Å². The zero-order valence-electron chi connectivity index (χ0n) is 9.32. The Balaban J connectivity index is 2.76. The molecule has 80 valence electrons. The Morgan fingerprint density at radius 1 is 1.36 bits per heavy atom. The molecule has 1 aromatic heterocycles. The third kappa shape index (κ3) is 2.32. The first kappa shape index (κ1) is 11.2. The van der Waals surface area contributed by atoms with E-state index in [1.807, 2.05) is 4.68 Å². The summed E-state index contributed by atoms with van der Waals surface area (Å²) in [4.78, 5) is 4.24. The van der Waals surface area contributed by atoms with Gasteiger partial charge >= 0.3 is 0 Å². The molecule has 1 aromatic rings. The van der Waals surface area contributed by atoms with E-state index in [0.717, 1.165) is 31.6 Å². The van der Waals surface area contributed by atoms with E-state index in [4.69, 9.17) is 5.73 Å². The summed E-state index contributed by atoms with van der Waals surface area (Å²) in [6.07, 6.45) is 4.36. The standard InChI is InChI=1S/C10H20N4/c1-4-10(11,5-2)7-9-12-8-13-14(9)6-3/h8H,4-7,11H2,1-3H3. The van der Waals surface area contributed by atoms with Crippen molar-refractivity contribution < 1.29 is 0 Å². The van der Waals surface area contributed by atoms with Crippen molar-refractivity contribution in [3.05, 3.63) is 12.2 Å². The van der Waals surface area contributed by atoms with Crippen LogP contribution < -0.4 is 5.73 Å². The van der Waals surface area contributed by atoms with Crippen LogP contribution in [-0.4, -0.2) is 20.3 Å². The van der Waals surface area contributed by atoms with Crippen molar-refractivity contribution in [2.45, 2.75) is 52.1 Å². The van der Waals surface area contributed by atoms with Crippen LogP contribution in [0.1, 0.15) is 39.4 Å². The molecule has 0 saturated heterocycles. The Morgan fingerprint density at radius 3 is 2.50 bits per heavy atom. The van der Waals surface area contributed by atoms with Gasteiger partial charge in [0.05, 0.1) is 0 Å². The molecule has 0 radical (unpaired) electrons. The normalized spacial score (nSPS) is 12.0. The molecular formula is C10H20N4. The number of nitrogens with two attached hydrogens (primary N) is 1. The van der Waals surface area contributed by atoms with Gasteiger partial charge in [0.1, 0.15) is 12.2 Å². The van der Waals surface area contributed by atoms with Gasteiger partial charge < -0.3 is 5.73 Å². The SMILES string of the molecule is CCn1ncnc1CC(N)(CC)CC. The molecule has 0 amide bonds. The molecule has 4 heteroatoms. The minimum atomic E-state index is -0.125. The maximum Gasteiger partial charge on any atom is 0.138 e. The Bertz CT molecular complexity index is 275. The smallest absolute Gasteiger partial charge is 0.138 e. The second kappa shape index (κ2) is 4.55. The molecule has 0 aliphatic heterocycles. The van der Waals surface area contributed by atoms with E-state index >= 15 is 0 Å². The summed E-state index contributed by atoms with van der Waals surface area (Å²) in [6.45, 7) is 7.17. The van der Waals surface area contributed by atoms with Gasteiger partial charge in [-0.25, -0.2) is 4.98 Å². The van der Waals surface area contributed by atoms with Crippen LogP contribution in [0, 0.1) is 0 Å². The van der Waals surface area contributed by atoms with E-state index in [0.29, 0.717) is 0 Å². The lowest BCUT2D eigenvalue weighted by molar-refractivity contribution is 0.376. The highest BCUT2D eigenvalue weighted by atomic mass is 15.3. The first-order valence-corrected chi connectivity index (χ1v) is 5.30. The van der Waals surface area contributed by atoms with E-state index in [1.54, 1.807) is 6.33 Å². The third-order valence-electron chi connectivity index (χ3n) is 2.91. The van der Waals surface area contributed by atoms with Crippen molar-refractivity contribution in [3.63, 3.8) is 0 Å². The monoisotopic (exact) mass is 196 g/mol. The molecule has 14 heavy (non-hydrogen) atoms. The van der Waals surface area contributed by atoms with Crippen molar-refractivity contribution in [3.8, 4) is 0 Å². The van der Waals surface area contributed by atoms with Crippen LogP contribution in [0.25, 0.3) is 0 Å². The van der Waals surface area contributed by atoms with Gasteiger partial charge in [-0.05, 0) is 19.8 Å². The fraction of sp³-hybridized carbons (Fsp3) is 0.800. The molecule has 0 atom stereocenters. The molecule has 0 spiro atoms. The summed E-state index contributed by atoms with van der Waals surface area (Å²) < 4.78 is 1.91. The zero-order valence-corrected chi connectivity index (χ0v) is 9.32. The van der Waals surface area contributed by atoms with E-state index in [1.165, 1.54) is 0 Å². The summed E-state index contributed by atoms with van der Waals surface area (Å²) >= 11 is 0. The van der Waals surface area contributed by atoms with Crippen molar-refractivity contribution in [2.24, 2.45) is 5.73 Å². The Kier molecular flexibility index (Phi) is 3.63. The minimum Gasteiger partial charge on any atom is -0.325 e. The van der Waals surface area contributed by atoms with Crippen LogP contribution in [0.15, 0.2) is 6.33 Å². The van der Waals surface area contributed by atoms with Gasteiger partial charge in [-0.3, -0.25) is 4.68 Å². The van der Waals surface area contributed by atoms with Crippen molar-refractivity contribution in [1.82, 2.24) is 14.8 Å². The first-order valence-electron chi connectivity index (χ1n) is 5.30. The third-order valence-corrected chi connectivity index (χ3v) is 2.91. The van der Waals surface area contributed by atoms with Crippen molar-refractivity contribution >= 4 is 0 Å². The molecule has 1 heterocycles. The molecular weight excluding hydrogens is 176 g/mol. The predicted octanol–water partition coefficient (Wildman–Crippen LogP) is 1.36. The maximum atomic E-state index is 6.23. The van der Waals surface area contributed by atoms with Gasteiger partial charge in [-0.1, -0.05) is 13.8 Å². The quantitative estimate of drug-likeness (QED) is 0.773. The number of hydrogen-bond donors (Lipinski definition) is 1. The van der Waals surface area contributed by atoms with Crippen molar-refractivity contribution in [1.29, 1.82) is 0 Å². The zero-order chi connectivity index (χ0) is 10.6. The Morgan fingerprint density at radius 2 is 2.00 bits per heavy atom. The lowest BCUT2D eigenvalue weighted by atomic mass is 9.90. The van der Waals surface area contributed by atoms with Crippen LogP contribution in [-0.2, 0) is 13.0 Å². The van der Waals surface area contributed by atoms with Gasteiger partial charge in [0.2, 0.25) is 0 Å². The lowest BCUT2D eigenvalue weighted by Gasteiger charge is -2.25. The number of rotatable bonds is 5. The van der Waals surface area contributed by atoms with Crippen molar-refractivity contribution in [2.75, 3.05) is 0 Å². The van der Waals surface area contributed by atoms with E-state index in [-0.39, 0.29) is 5.54 Å². The minimum absolute atomic E-state index is 0.125. The molecule has 0 bridgehead atoms. The summed E-state index contributed by atoms with van der Waals surface area (Å²) in [5.41, 5.74) is 6.11. The molecule has 1 rings (SSSR count). The van der Waals surface area contributed by atoms with E-state index in [2.05, 4.69) is 30.9 Å². The largest absolute Gasteiger partial charge is 0.325 e. The fourth-order valence-corrected chi connectivity index (χ4v) is 1.50. The second-order valence-electron chi connectivity index (χ2n) is 3.74. The molecule has 0 aliphatic carbocycles. The highest BCUT2D eigenvalue weighted by Crippen LogP contribution is 2.16. The number of aryl methyl sites for hydroxylation is 1. The predicted molar refractivity (Wildman–Crippen MR) is 56.9 cm³/mol. The number of nitrogens with zero attached hydrogens (tertiary/aromatic N) is 3. The highest BCUT2D eigenvalue weighted by Gasteiger charge is 2.23. The van der Waals surface area contributed by atoms with Gasteiger partial charge in [0.25, 0.3) is 0 Å². The maximum absolute atomic E-state index is 6.23. The van der Waals surface area contributed by atoms with Crippen LogP contribution in [0.5, 0.6) is 0 Å². The topological polar surface area (TPSA) is 56.7 Å². The summed E-state index contributed by atoms with van der Waals surface area (Å²) in [5, 5.41) is 4.14. The number of aromatic nitrogens is 3. The van der Waals surface area contributed by atoms with E-state index < -0.39 is 0 Å². The lowest BCUT2D eigenvalue weighted by Crippen LogP contribution is -2.41. The Labute approximate surface area is 85.5 Å². The molecule has 0 fully saturated rings. The van der Waals surface area contributed by atoms with Crippen LogP contribution >= 0.6 is 0 Å². The summed E-state index contributed by atoms with van der Waals surface area (Å²) in [7, 11) is 0. The van der Waals surface area contributed by atoms with Gasteiger partial charge in [0.15, 0.2) is 0 Å². The average molecular weight is 196 g/mol. The average Bonchev–Trinajstić information content (AvgIpc) is 2.65. The molecule has 2 N–H and O–H groups in total. The second-order valence-corrected chi connectivity index (χ2v) is 3.74. The van der Waals surface area contributed by atoms with E-state index in [9.17, 15) is 0 Å². The van der Waals surface area contributed by atoms with Crippen LogP contribution in [0.4, 0.5) is 0 Å². The number of hydrogen-bond acceptors (Lipinski definition) is 3. The molecule has 0 aliphatic rings. The molecule has 4 nitrogen and oxygen atoms in total. The van der Waals surface area contributed by atoms with Gasteiger partial charge in [-0.2, -0.15) is 5.10 Å². The van der Waals surface area contributed by atoms with Gasteiger partial charge in [-0.15, -0.1) is 0 Å². The van der Waals surface area contributed by atoms with Gasteiger partial charge in [0, 0.05) is 18.5 Å². The summed E-state index contributed by atoms with van der Waals surface area (Å²) in [5.74, 6) is 0.999. The highest BCUT2D eigenvalue weighted by molar-refractivity contribution is 4.96. The Hall–Kier alpha value is -0.900. The molecule has 0 aromatic carbocycles. The summed E-state index contributed by atoms with van der Waals surface area (Å²) in [6, 6.07) is 0. The first-order chi connectivity index (χ1) is 6.65. The molecule has 0 saturated carbocycles. The van der Waals surface area contributed by atoms with Crippen LogP contribution in [0.3, 0.4) is 0 Å². The fourth-order valence-electron chi connectivity index (χ4n) is 1.50.